The van der Waals surface area contributed by atoms with Crippen molar-refractivity contribution >= 4 is 54.7 Å². The van der Waals surface area contributed by atoms with Crippen LogP contribution in [0.15, 0.2) is 43.1 Å². The van der Waals surface area contributed by atoms with Crippen molar-refractivity contribution in [1.82, 2.24) is 0 Å². The van der Waals surface area contributed by atoms with Crippen molar-refractivity contribution in [3.8, 4) is 0 Å². The van der Waals surface area contributed by atoms with Crippen molar-refractivity contribution in [2.45, 2.75) is 6.54 Å². The predicted octanol–water partition coefficient (Wildman–Crippen LogP) is 4.00. The summed E-state index contributed by atoms with van der Waals surface area (Å²) in [6, 6.07) is 7.72. The molecule has 0 aliphatic carbocycles. The van der Waals surface area contributed by atoms with Crippen LogP contribution in [-0.4, -0.2) is 18.1 Å². The van der Waals surface area contributed by atoms with Crippen molar-refractivity contribution in [3.63, 3.8) is 0 Å². The monoisotopic (exact) mass is 417 g/mol. The Morgan fingerprint density at radius 1 is 1.40 bits per heavy atom. The number of oxime groups is 1. The number of thiophene rings is 1. The van der Waals surface area contributed by atoms with E-state index in [0.717, 1.165) is 20.5 Å². The van der Waals surface area contributed by atoms with Crippen LogP contribution in [0.25, 0.3) is 0 Å². The summed E-state index contributed by atoms with van der Waals surface area (Å²) in [5.74, 6) is 0.0988. The largest absolute Gasteiger partial charge is 0.409 e. The number of halogens is 2. The highest BCUT2D eigenvalue weighted by atomic mass is 79.9. The van der Waals surface area contributed by atoms with Crippen molar-refractivity contribution in [2.24, 2.45) is 10.9 Å². The van der Waals surface area contributed by atoms with E-state index in [4.69, 9.17) is 10.9 Å². The Kier molecular flexibility index (Phi) is 5.06. The summed E-state index contributed by atoms with van der Waals surface area (Å²) in [5, 5.41) is 13.8. The van der Waals surface area contributed by atoms with Crippen LogP contribution in [0.1, 0.15) is 11.1 Å². The summed E-state index contributed by atoms with van der Waals surface area (Å²) in [7, 11) is 2.02. The number of amidine groups is 1. The molecular formula is C13H13Br2N3OS. The van der Waals surface area contributed by atoms with E-state index in [-0.39, 0.29) is 5.84 Å². The van der Waals surface area contributed by atoms with Gasteiger partial charge in [-0.25, -0.2) is 0 Å². The Labute approximate surface area is 138 Å². The Hall–Kier alpha value is -1.05. The van der Waals surface area contributed by atoms with E-state index in [1.54, 1.807) is 11.3 Å². The zero-order valence-corrected chi connectivity index (χ0v) is 14.7. The number of benzene rings is 1. The number of hydrogen-bond donors (Lipinski definition) is 2. The number of anilines is 1. The normalized spacial score (nSPS) is 11.7. The van der Waals surface area contributed by atoms with E-state index in [1.807, 2.05) is 25.2 Å². The SMILES string of the molecule is CN(Cc1csc(Br)c1)c1ccc(/C(N)=N/O)cc1Br. The summed E-state index contributed by atoms with van der Waals surface area (Å²) >= 11 is 8.66. The fourth-order valence-electron chi connectivity index (χ4n) is 1.82. The van der Waals surface area contributed by atoms with E-state index in [2.05, 4.69) is 53.4 Å². The van der Waals surface area contributed by atoms with Gasteiger partial charge in [-0.3, -0.25) is 0 Å². The molecule has 0 saturated heterocycles. The number of nitrogens with two attached hydrogens (primary N) is 1. The smallest absolute Gasteiger partial charge is 0.170 e. The molecule has 1 heterocycles. The van der Waals surface area contributed by atoms with Gasteiger partial charge in [-0.2, -0.15) is 0 Å². The molecule has 3 N–H and O–H groups in total. The molecular weight excluding hydrogens is 406 g/mol. The Bertz CT molecular complexity index is 642. The van der Waals surface area contributed by atoms with Crippen LogP contribution in [0, 0.1) is 0 Å². The number of hydrogen-bond acceptors (Lipinski definition) is 4. The third-order valence-electron chi connectivity index (χ3n) is 2.80. The minimum absolute atomic E-state index is 0.0988. The average molecular weight is 419 g/mol. The number of nitrogens with zero attached hydrogens (tertiary/aromatic N) is 2. The van der Waals surface area contributed by atoms with Crippen LogP contribution in [0.2, 0.25) is 0 Å². The third-order valence-corrected chi connectivity index (χ3v) is 4.99. The van der Waals surface area contributed by atoms with E-state index in [1.165, 1.54) is 5.56 Å². The summed E-state index contributed by atoms with van der Waals surface area (Å²) in [5.41, 5.74) is 8.54. The lowest BCUT2D eigenvalue weighted by molar-refractivity contribution is 0.318. The lowest BCUT2D eigenvalue weighted by atomic mass is 10.2. The van der Waals surface area contributed by atoms with Gasteiger partial charge in [-0.15, -0.1) is 11.3 Å². The summed E-state index contributed by atoms with van der Waals surface area (Å²) in [6.45, 7) is 0.809. The van der Waals surface area contributed by atoms with Crippen molar-refractivity contribution in [1.29, 1.82) is 0 Å². The minimum atomic E-state index is 0.0988. The summed E-state index contributed by atoms with van der Waals surface area (Å²) in [4.78, 5) is 2.13. The van der Waals surface area contributed by atoms with E-state index in [0.29, 0.717) is 5.56 Å². The molecule has 2 aromatic rings. The second kappa shape index (κ2) is 6.60. The highest BCUT2D eigenvalue weighted by molar-refractivity contribution is 9.11. The van der Waals surface area contributed by atoms with Crippen LogP contribution in [0.4, 0.5) is 5.69 Å². The maximum absolute atomic E-state index is 8.69. The molecule has 0 aliphatic rings. The van der Waals surface area contributed by atoms with Gasteiger partial charge in [-0.05, 0) is 67.1 Å². The minimum Gasteiger partial charge on any atom is -0.409 e. The third kappa shape index (κ3) is 3.53. The molecule has 0 radical (unpaired) electrons. The van der Waals surface area contributed by atoms with Gasteiger partial charge < -0.3 is 15.8 Å². The molecule has 0 spiro atoms. The van der Waals surface area contributed by atoms with Crippen LogP contribution in [0.3, 0.4) is 0 Å². The molecule has 0 saturated carbocycles. The maximum atomic E-state index is 8.69. The molecule has 0 fully saturated rings. The zero-order valence-electron chi connectivity index (χ0n) is 10.7. The molecule has 0 aliphatic heterocycles. The predicted molar refractivity (Wildman–Crippen MR) is 90.8 cm³/mol. The van der Waals surface area contributed by atoms with E-state index in [9.17, 15) is 0 Å². The Balaban J connectivity index is 2.20. The van der Waals surface area contributed by atoms with Crippen molar-refractivity contribution < 1.29 is 5.21 Å². The van der Waals surface area contributed by atoms with Crippen LogP contribution in [0.5, 0.6) is 0 Å². The van der Waals surface area contributed by atoms with Gasteiger partial charge in [0.25, 0.3) is 0 Å². The fraction of sp³-hybridized carbons (Fsp3) is 0.154. The van der Waals surface area contributed by atoms with E-state index >= 15 is 0 Å². The first kappa shape index (κ1) is 15.3. The van der Waals surface area contributed by atoms with Crippen LogP contribution >= 0.6 is 43.2 Å². The molecule has 7 heteroatoms. The number of rotatable bonds is 4. The van der Waals surface area contributed by atoms with Gasteiger partial charge in [0.2, 0.25) is 0 Å². The van der Waals surface area contributed by atoms with Gasteiger partial charge in [0, 0.05) is 23.6 Å². The van der Waals surface area contributed by atoms with Gasteiger partial charge in [0.05, 0.1) is 9.47 Å². The first-order valence-corrected chi connectivity index (χ1v) is 8.19. The molecule has 20 heavy (non-hydrogen) atoms. The topological polar surface area (TPSA) is 61.8 Å². The first-order valence-electron chi connectivity index (χ1n) is 5.72. The van der Waals surface area contributed by atoms with Gasteiger partial charge in [-0.1, -0.05) is 5.16 Å². The van der Waals surface area contributed by atoms with E-state index < -0.39 is 0 Å². The second-order valence-corrected chi connectivity index (χ2v) is 7.41. The lowest BCUT2D eigenvalue weighted by Gasteiger charge is -2.20. The molecule has 1 aromatic heterocycles. The standard InChI is InChI=1S/C13H13Br2N3OS/c1-18(6-8-4-12(15)20-7-8)11-3-2-9(5-10(11)14)13(16)17-19/h2-5,7,19H,6H2,1H3,(H2,16,17). The summed E-state index contributed by atoms with van der Waals surface area (Å²) in [6.07, 6.45) is 0. The fourth-order valence-corrected chi connectivity index (χ4v) is 3.70. The van der Waals surface area contributed by atoms with Gasteiger partial charge in [0.1, 0.15) is 0 Å². The van der Waals surface area contributed by atoms with Crippen molar-refractivity contribution in [2.75, 3.05) is 11.9 Å². The maximum Gasteiger partial charge on any atom is 0.170 e. The second-order valence-electron chi connectivity index (χ2n) is 4.27. The molecule has 2 rings (SSSR count). The molecule has 4 nitrogen and oxygen atoms in total. The van der Waals surface area contributed by atoms with Crippen molar-refractivity contribution in [3.05, 3.63) is 49.0 Å². The molecule has 0 amide bonds. The molecule has 106 valence electrons. The summed E-state index contributed by atoms with van der Waals surface area (Å²) < 4.78 is 2.03. The molecule has 0 bridgehead atoms. The highest BCUT2D eigenvalue weighted by Gasteiger charge is 2.10. The average Bonchev–Trinajstić information content (AvgIpc) is 2.82. The van der Waals surface area contributed by atoms with Crippen LogP contribution in [-0.2, 0) is 6.54 Å². The lowest BCUT2D eigenvalue weighted by Crippen LogP contribution is -2.17. The Morgan fingerprint density at radius 3 is 2.70 bits per heavy atom. The quantitative estimate of drug-likeness (QED) is 0.341. The Morgan fingerprint density at radius 2 is 2.15 bits per heavy atom. The molecule has 0 atom stereocenters. The zero-order chi connectivity index (χ0) is 14.7. The van der Waals surface area contributed by atoms with Crippen LogP contribution < -0.4 is 10.6 Å². The van der Waals surface area contributed by atoms with Gasteiger partial charge in [0.15, 0.2) is 5.84 Å². The highest BCUT2D eigenvalue weighted by Crippen LogP contribution is 2.29. The molecule has 1 aromatic carbocycles. The first-order chi connectivity index (χ1) is 9.51. The molecule has 0 unspecified atom stereocenters. The van der Waals surface area contributed by atoms with Gasteiger partial charge >= 0.3 is 0 Å².